The van der Waals surface area contributed by atoms with Crippen LogP contribution in [-0.4, -0.2) is 14.3 Å². The van der Waals surface area contributed by atoms with Crippen molar-refractivity contribution >= 4 is 50.5 Å². The molecule has 11 heteroatoms. The van der Waals surface area contributed by atoms with Crippen LogP contribution in [0.1, 0.15) is 12.5 Å². The molecule has 0 bridgehead atoms. The monoisotopic (exact) mass is 426 g/mol. The fraction of sp³-hybridized carbons (Fsp3) is 0.133. The molecule has 0 heterocycles. The lowest BCUT2D eigenvalue weighted by Gasteiger charge is -2.17. The minimum atomic E-state index is -4.87. The normalized spacial score (nSPS) is 11.9. The summed E-state index contributed by atoms with van der Waals surface area (Å²) >= 11 is 11.5. The highest BCUT2D eigenvalue weighted by Gasteiger charge is 2.35. The molecule has 0 unspecified atom stereocenters. The highest BCUT2D eigenvalue weighted by molar-refractivity contribution is 7.92. The second-order valence-electron chi connectivity index (χ2n) is 5.12. The maximum absolute atomic E-state index is 13.3. The van der Waals surface area contributed by atoms with Gasteiger partial charge in [0, 0.05) is 17.6 Å². The first kappa shape index (κ1) is 20.3. The summed E-state index contributed by atoms with van der Waals surface area (Å²) in [4.78, 5) is 10.5. The summed E-state index contributed by atoms with van der Waals surface area (Å²) in [6.07, 6.45) is -4.87. The number of hydrogen-bond donors (Lipinski definition) is 2. The molecular weight excluding hydrogens is 416 g/mol. The van der Waals surface area contributed by atoms with Crippen molar-refractivity contribution in [3.05, 3.63) is 52.0 Å². The lowest BCUT2D eigenvalue weighted by molar-refractivity contribution is -0.136. The number of alkyl halides is 3. The number of hydrogen-bond acceptors (Lipinski definition) is 3. The predicted molar refractivity (Wildman–Crippen MR) is 93.0 cm³/mol. The molecule has 5 nitrogen and oxygen atoms in total. The van der Waals surface area contributed by atoms with Crippen molar-refractivity contribution in [1.29, 1.82) is 0 Å². The molecule has 0 fully saturated rings. The third-order valence-corrected chi connectivity index (χ3v) is 5.15. The summed E-state index contributed by atoms with van der Waals surface area (Å²) in [7, 11) is -4.44. The lowest BCUT2D eigenvalue weighted by atomic mass is 10.1. The van der Waals surface area contributed by atoms with Gasteiger partial charge in [-0.15, -0.1) is 0 Å². The summed E-state index contributed by atoms with van der Waals surface area (Å²) in [6, 6.07) is 6.22. The maximum Gasteiger partial charge on any atom is 0.418 e. The Morgan fingerprint density at radius 2 is 1.73 bits per heavy atom. The first-order chi connectivity index (χ1) is 11.9. The molecule has 0 saturated carbocycles. The standard InChI is InChI=1S/C15H11Cl2F3N2O3S/c1-8(23)21-10-3-5-13(11(7-10)15(18,19)20)22-26(24,25)14-6-9(16)2-4-12(14)17/h2-7,22H,1H3,(H,21,23). The van der Waals surface area contributed by atoms with Crippen LogP contribution >= 0.6 is 23.2 Å². The molecule has 0 aliphatic carbocycles. The maximum atomic E-state index is 13.3. The van der Waals surface area contributed by atoms with E-state index in [2.05, 4.69) is 5.32 Å². The fourth-order valence-electron chi connectivity index (χ4n) is 2.03. The topological polar surface area (TPSA) is 75.3 Å². The van der Waals surface area contributed by atoms with E-state index in [9.17, 15) is 26.4 Å². The highest BCUT2D eigenvalue weighted by Crippen LogP contribution is 2.38. The summed E-state index contributed by atoms with van der Waals surface area (Å²) in [6.45, 7) is 1.13. The molecule has 0 spiro atoms. The van der Waals surface area contributed by atoms with Crippen molar-refractivity contribution in [2.75, 3.05) is 10.0 Å². The second-order valence-corrected chi connectivity index (χ2v) is 7.61. The Bertz CT molecular complexity index is 963. The van der Waals surface area contributed by atoms with Gasteiger partial charge in [-0.05, 0) is 36.4 Å². The van der Waals surface area contributed by atoms with Crippen molar-refractivity contribution in [2.24, 2.45) is 0 Å². The number of carbonyl (C=O) groups excluding carboxylic acids is 1. The quantitative estimate of drug-likeness (QED) is 0.738. The summed E-state index contributed by atoms with van der Waals surface area (Å²) < 4.78 is 66.6. The van der Waals surface area contributed by atoms with Gasteiger partial charge in [-0.3, -0.25) is 9.52 Å². The van der Waals surface area contributed by atoms with Crippen LogP contribution in [0.4, 0.5) is 24.5 Å². The minimum absolute atomic E-state index is 0.0480. The Morgan fingerprint density at radius 1 is 1.08 bits per heavy atom. The van der Waals surface area contributed by atoms with E-state index < -0.39 is 38.3 Å². The molecule has 2 aromatic rings. The largest absolute Gasteiger partial charge is 0.418 e. The number of benzene rings is 2. The first-order valence-electron chi connectivity index (χ1n) is 6.87. The minimum Gasteiger partial charge on any atom is -0.326 e. The van der Waals surface area contributed by atoms with Crippen LogP contribution in [0, 0.1) is 0 Å². The van der Waals surface area contributed by atoms with Gasteiger partial charge in [-0.2, -0.15) is 13.2 Å². The molecule has 1 amide bonds. The van der Waals surface area contributed by atoms with Crippen LogP contribution in [0.5, 0.6) is 0 Å². The Kier molecular flexibility index (Phi) is 5.74. The average molecular weight is 427 g/mol. The van der Waals surface area contributed by atoms with E-state index in [-0.39, 0.29) is 15.7 Å². The molecule has 0 aliphatic heterocycles. The van der Waals surface area contributed by atoms with E-state index in [4.69, 9.17) is 23.2 Å². The zero-order valence-corrected chi connectivity index (χ0v) is 15.3. The van der Waals surface area contributed by atoms with Crippen molar-refractivity contribution in [3.8, 4) is 0 Å². The van der Waals surface area contributed by atoms with E-state index in [1.54, 1.807) is 0 Å². The number of rotatable bonds is 4. The molecule has 2 aromatic carbocycles. The molecule has 26 heavy (non-hydrogen) atoms. The zero-order valence-electron chi connectivity index (χ0n) is 13.0. The van der Waals surface area contributed by atoms with Crippen LogP contribution in [0.25, 0.3) is 0 Å². The van der Waals surface area contributed by atoms with Gasteiger partial charge in [-0.25, -0.2) is 8.42 Å². The third kappa shape index (κ3) is 4.80. The lowest BCUT2D eigenvalue weighted by Crippen LogP contribution is -2.18. The van der Waals surface area contributed by atoms with Gasteiger partial charge in [0.25, 0.3) is 10.0 Å². The zero-order chi connectivity index (χ0) is 19.7. The van der Waals surface area contributed by atoms with E-state index in [1.165, 1.54) is 12.1 Å². The summed E-state index contributed by atoms with van der Waals surface area (Å²) in [5.74, 6) is -0.572. The van der Waals surface area contributed by atoms with E-state index in [0.717, 1.165) is 25.1 Å². The van der Waals surface area contributed by atoms with Crippen LogP contribution in [-0.2, 0) is 21.0 Å². The van der Waals surface area contributed by atoms with E-state index in [1.807, 2.05) is 4.72 Å². The Labute approximate surface area is 157 Å². The Hall–Kier alpha value is -1.97. The van der Waals surface area contributed by atoms with Crippen LogP contribution < -0.4 is 10.0 Å². The van der Waals surface area contributed by atoms with Crippen LogP contribution in [0.2, 0.25) is 10.0 Å². The van der Waals surface area contributed by atoms with Crippen LogP contribution in [0.3, 0.4) is 0 Å². The summed E-state index contributed by atoms with van der Waals surface area (Å²) in [5, 5.41) is 2.05. The number of amides is 1. The number of halogens is 5. The molecule has 140 valence electrons. The Morgan fingerprint density at radius 3 is 2.31 bits per heavy atom. The molecule has 0 atom stereocenters. The third-order valence-electron chi connectivity index (χ3n) is 3.07. The van der Waals surface area contributed by atoms with Crippen molar-refractivity contribution in [3.63, 3.8) is 0 Å². The molecule has 0 aliphatic rings. The molecule has 0 aromatic heterocycles. The number of carbonyl (C=O) groups is 1. The predicted octanol–water partition coefficient (Wildman–Crippen LogP) is 4.77. The molecule has 0 saturated heterocycles. The van der Waals surface area contributed by atoms with Gasteiger partial charge in [0.2, 0.25) is 5.91 Å². The number of sulfonamides is 1. The van der Waals surface area contributed by atoms with Crippen molar-refractivity contribution < 1.29 is 26.4 Å². The van der Waals surface area contributed by atoms with Gasteiger partial charge in [0.05, 0.1) is 16.3 Å². The molecule has 0 radical (unpaired) electrons. The van der Waals surface area contributed by atoms with Crippen molar-refractivity contribution in [1.82, 2.24) is 0 Å². The fourth-order valence-corrected chi connectivity index (χ4v) is 3.88. The number of anilines is 2. The first-order valence-corrected chi connectivity index (χ1v) is 9.11. The Balaban J connectivity index is 2.51. The average Bonchev–Trinajstić information content (AvgIpc) is 2.49. The number of nitrogens with one attached hydrogen (secondary N) is 2. The van der Waals surface area contributed by atoms with Gasteiger partial charge in [0.15, 0.2) is 0 Å². The van der Waals surface area contributed by atoms with Gasteiger partial charge in [-0.1, -0.05) is 23.2 Å². The molecular formula is C15H11Cl2F3N2O3S. The second kappa shape index (κ2) is 7.34. The van der Waals surface area contributed by atoms with Gasteiger partial charge >= 0.3 is 6.18 Å². The van der Waals surface area contributed by atoms with E-state index >= 15 is 0 Å². The molecule has 2 N–H and O–H groups in total. The summed E-state index contributed by atoms with van der Waals surface area (Å²) in [5.41, 5.74) is -2.12. The van der Waals surface area contributed by atoms with Gasteiger partial charge in [0.1, 0.15) is 4.90 Å². The molecule has 2 rings (SSSR count). The smallest absolute Gasteiger partial charge is 0.326 e. The SMILES string of the molecule is CC(=O)Nc1ccc(NS(=O)(=O)c2cc(Cl)ccc2Cl)c(C(F)(F)F)c1. The highest BCUT2D eigenvalue weighted by atomic mass is 35.5. The van der Waals surface area contributed by atoms with Crippen LogP contribution in [0.15, 0.2) is 41.3 Å². The van der Waals surface area contributed by atoms with Gasteiger partial charge < -0.3 is 5.32 Å². The van der Waals surface area contributed by atoms with E-state index in [0.29, 0.717) is 6.07 Å². The van der Waals surface area contributed by atoms with Crippen molar-refractivity contribution in [2.45, 2.75) is 18.0 Å².